The first-order valence-electron chi connectivity index (χ1n) is 8.52. The Hall–Kier alpha value is -3.81. The Morgan fingerprint density at radius 1 is 1.00 bits per heavy atom. The van der Waals surface area contributed by atoms with Crippen LogP contribution in [0.15, 0.2) is 72.0 Å². The largest absolute Gasteiger partial charge is 0.483 e. The zero-order valence-electron chi connectivity index (χ0n) is 15.1. The van der Waals surface area contributed by atoms with E-state index in [4.69, 9.17) is 20.4 Å². The fourth-order valence-electron chi connectivity index (χ4n) is 3.14. The molecular weight excluding hydrogens is 380 g/mol. The maximum atomic E-state index is 13.5. The highest BCUT2D eigenvalue weighted by Crippen LogP contribution is 2.39. The molecule has 0 bridgehead atoms. The van der Waals surface area contributed by atoms with Crippen LogP contribution >= 0.6 is 0 Å². The second-order valence-corrected chi connectivity index (χ2v) is 6.18. The maximum Gasteiger partial charge on any atom is 0.290 e. The Balaban J connectivity index is 0.000000755. The predicted octanol–water partition coefficient (Wildman–Crippen LogP) is 3.32. The van der Waals surface area contributed by atoms with Crippen molar-refractivity contribution in [1.82, 2.24) is 4.98 Å². The first-order chi connectivity index (χ1) is 14.0. The number of halogens is 2. The Morgan fingerprint density at radius 2 is 1.72 bits per heavy atom. The third-order valence-electron chi connectivity index (χ3n) is 4.43. The monoisotopic (exact) mass is 397 g/mol. The van der Waals surface area contributed by atoms with Crippen LogP contribution in [0.2, 0.25) is 0 Å². The molecule has 148 valence electrons. The van der Waals surface area contributed by atoms with E-state index in [-0.39, 0.29) is 24.9 Å². The molecule has 0 fully saturated rings. The predicted molar refractivity (Wildman–Crippen MR) is 103 cm³/mol. The van der Waals surface area contributed by atoms with Crippen molar-refractivity contribution in [2.75, 3.05) is 6.61 Å². The van der Waals surface area contributed by atoms with Crippen LogP contribution in [0.4, 0.5) is 8.78 Å². The molecule has 29 heavy (non-hydrogen) atoms. The number of ether oxygens (including phenoxy) is 1. The van der Waals surface area contributed by atoms with Gasteiger partial charge in [-0.05, 0) is 41.0 Å². The number of aromatic nitrogens is 1. The van der Waals surface area contributed by atoms with Crippen LogP contribution in [0.25, 0.3) is 11.1 Å². The van der Waals surface area contributed by atoms with Crippen molar-refractivity contribution in [2.24, 2.45) is 10.7 Å². The second-order valence-electron chi connectivity index (χ2n) is 6.18. The molecule has 2 heterocycles. The number of carbonyl (C=O) groups is 1. The van der Waals surface area contributed by atoms with E-state index in [1.807, 2.05) is 24.3 Å². The lowest BCUT2D eigenvalue weighted by molar-refractivity contribution is -0.122. The van der Waals surface area contributed by atoms with Gasteiger partial charge in [0.1, 0.15) is 18.2 Å². The summed E-state index contributed by atoms with van der Waals surface area (Å²) in [6.45, 7) is -0.0463. The van der Waals surface area contributed by atoms with Gasteiger partial charge in [0.05, 0.1) is 6.20 Å². The quantitative estimate of drug-likeness (QED) is 0.661. The van der Waals surface area contributed by atoms with Gasteiger partial charge in [0.15, 0.2) is 5.54 Å². The number of aliphatic imine (C=N–C) groups is 1. The van der Waals surface area contributed by atoms with Crippen LogP contribution in [-0.4, -0.2) is 29.2 Å². The number of nitrogens with zero attached hydrogens (tertiary/aromatic N) is 2. The molecule has 0 spiro atoms. The van der Waals surface area contributed by atoms with Crippen LogP contribution in [0.1, 0.15) is 11.1 Å². The molecule has 0 amide bonds. The summed E-state index contributed by atoms with van der Waals surface area (Å²) in [5.41, 5.74) is 7.91. The van der Waals surface area contributed by atoms with E-state index in [1.54, 1.807) is 18.3 Å². The van der Waals surface area contributed by atoms with Crippen LogP contribution < -0.4 is 5.73 Å². The molecule has 1 atom stereocenters. The highest BCUT2D eigenvalue weighted by Gasteiger charge is 2.40. The lowest BCUT2D eigenvalue weighted by Gasteiger charge is -2.25. The van der Waals surface area contributed by atoms with Gasteiger partial charge in [-0.25, -0.2) is 13.8 Å². The zero-order chi connectivity index (χ0) is 20.9. The summed E-state index contributed by atoms with van der Waals surface area (Å²) in [6.07, 6.45) is 2.75. The van der Waals surface area contributed by atoms with Gasteiger partial charge in [-0.3, -0.25) is 9.78 Å². The van der Waals surface area contributed by atoms with Crippen molar-refractivity contribution in [3.05, 3.63) is 89.8 Å². The Morgan fingerprint density at radius 3 is 2.34 bits per heavy atom. The van der Waals surface area contributed by atoms with E-state index in [1.165, 1.54) is 18.2 Å². The molecule has 1 aromatic heterocycles. The van der Waals surface area contributed by atoms with Crippen molar-refractivity contribution in [2.45, 2.75) is 5.54 Å². The van der Waals surface area contributed by atoms with E-state index < -0.39 is 11.4 Å². The number of hydrogen-bond acceptors (Lipinski definition) is 5. The molecule has 0 saturated carbocycles. The molecule has 0 saturated heterocycles. The molecule has 1 unspecified atom stereocenters. The minimum absolute atomic E-state index is 0.0761. The third-order valence-corrected chi connectivity index (χ3v) is 4.43. The normalized spacial score (nSPS) is 17.5. The first kappa shape index (κ1) is 19.9. The third kappa shape index (κ3) is 4.21. The number of carboxylic acid groups (broad SMARTS) is 1. The van der Waals surface area contributed by atoms with E-state index >= 15 is 0 Å². The summed E-state index contributed by atoms with van der Waals surface area (Å²) in [4.78, 5) is 16.8. The standard InChI is InChI=1S/C20H15F2N3O.CH2O2/c21-17-6-4-15(5-7-17)20(12-26-19(23)25-20)16-3-1-2-13(8-16)14-9-18(22)11-24-10-14;2-1-3/h1-11H,12H2,(H2,23,25);1H,(H,2,3). The SMILES string of the molecule is NC1=NC(c2ccc(F)cc2)(c2cccc(-c3cncc(F)c3)c2)CO1.O=CO. The smallest absolute Gasteiger partial charge is 0.290 e. The van der Waals surface area contributed by atoms with E-state index in [0.717, 1.165) is 22.9 Å². The summed E-state index contributed by atoms with van der Waals surface area (Å²) in [5, 5.41) is 6.89. The highest BCUT2D eigenvalue weighted by atomic mass is 19.1. The molecule has 6 nitrogen and oxygen atoms in total. The van der Waals surface area contributed by atoms with Crippen molar-refractivity contribution < 1.29 is 23.4 Å². The average Bonchev–Trinajstić information content (AvgIpc) is 3.12. The Bertz CT molecular complexity index is 1040. The van der Waals surface area contributed by atoms with E-state index in [2.05, 4.69) is 9.98 Å². The van der Waals surface area contributed by atoms with E-state index in [9.17, 15) is 8.78 Å². The van der Waals surface area contributed by atoms with Crippen LogP contribution in [-0.2, 0) is 15.1 Å². The number of rotatable bonds is 3. The molecule has 2 aromatic carbocycles. The van der Waals surface area contributed by atoms with Crippen molar-refractivity contribution in [3.8, 4) is 11.1 Å². The average molecular weight is 397 g/mol. The van der Waals surface area contributed by atoms with E-state index in [0.29, 0.717) is 5.56 Å². The maximum absolute atomic E-state index is 13.5. The highest BCUT2D eigenvalue weighted by molar-refractivity contribution is 5.75. The Labute approximate surface area is 165 Å². The summed E-state index contributed by atoms with van der Waals surface area (Å²) >= 11 is 0. The fraction of sp³-hybridized carbons (Fsp3) is 0.0952. The number of benzene rings is 2. The number of pyridine rings is 1. The molecule has 1 aliphatic heterocycles. The first-order valence-corrected chi connectivity index (χ1v) is 8.52. The topological polar surface area (TPSA) is 97.8 Å². The Kier molecular flexibility index (Phi) is 5.82. The van der Waals surface area contributed by atoms with Crippen molar-refractivity contribution in [3.63, 3.8) is 0 Å². The fourth-order valence-corrected chi connectivity index (χ4v) is 3.14. The van der Waals surface area contributed by atoms with Crippen LogP contribution in [0, 0.1) is 11.6 Å². The van der Waals surface area contributed by atoms with Crippen molar-refractivity contribution in [1.29, 1.82) is 0 Å². The minimum Gasteiger partial charge on any atom is -0.483 e. The minimum atomic E-state index is -0.880. The lowest BCUT2D eigenvalue weighted by Crippen LogP contribution is -2.27. The molecule has 0 radical (unpaired) electrons. The van der Waals surface area contributed by atoms with Gasteiger partial charge >= 0.3 is 0 Å². The van der Waals surface area contributed by atoms with Gasteiger partial charge in [0.2, 0.25) is 0 Å². The lowest BCUT2D eigenvalue weighted by atomic mass is 9.83. The summed E-state index contributed by atoms with van der Waals surface area (Å²) in [6, 6.07) is 15.1. The van der Waals surface area contributed by atoms with Gasteiger partial charge in [-0.2, -0.15) is 0 Å². The van der Waals surface area contributed by atoms with Crippen molar-refractivity contribution >= 4 is 12.5 Å². The van der Waals surface area contributed by atoms with Gasteiger partial charge in [-0.15, -0.1) is 0 Å². The number of nitrogens with two attached hydrogens (primary N) is 1. The van der Waals surface area contributed by atoms with Gasteiger partial charge in [0, 0.05) is 11.8 Å². The molecule has 0 aliphatic carbocycles. The molecular formula is C21H17F2N3O3. The zero-order valence-corrected chi connectivity index (χ0v) is 15.1. The summed E-state index contributed by atoms with van der Waals surface area (Å²) < 4.78 is 32.3. The van der Waals surface area contributed by atoms with Gasteiger partial charge in [0.25, 0.3) is 12.5 Å². The molecule has 8 heteroatoms. The van der Waals surface area contributed by atoms with Gasteiger partial charge < -0.3 is 15.6 Å². The number of amidine groups is 1. The second kappa shape index (κ2) is 8.47. The summed E-state index contributed by atoms with van der Waals surface area (Å²) in [5.74, 6) is -0.744. The van der Waals surface area contributed by atoms with Crippen LogP contribution in [0.5, 0.6) is 0 Å². The molecule has 1 aliphatic rings. The van der Waals surface area contributed by atoms with Crippen LogP contribution in [0.3, 0.4) is 0 Å². The molecule has 3 N–H and O–H groups in total. The molecule has 4 rings (SSSR count). The molecule has 3 aromatic rings. The van der Waals surface area contributed by atoms with Gasteiger partial charge in [-0.1, -0.05) is 30.3 Å². The summed E-state index contributed by atoms with van der Waals surface area (Å²) in [7, 11) is 0. The number of hydrogen-bond donors (Lipinski definition) is 2.